The van der Waals surface area contributed by atoms with Crippen molar-refractivity contribution in [3.8, 4) is 0 Å². The Hall–Kier alpha value is -2.68. The van der Waals surface area contributed by atoms with Gasteiger partial charge in [0.2, 0.25) is 8.24 Å². The second-order valence-electron chi connectivity index (χ2n) is 12.5. The average Bonchev–Trinajstić information content (AvgIpc) is 3.35. The van der Waals surface area contributed by atoms with E-state index in [0.29, 0.717) is 17.4 Å². The molecule has 0 bridgehead atoms. The van der Waals surface area contributed by atoms with Gasteiger partial charge < -0.3 is 13.9 Å². The highest BCUT2D eigenvalue weighted by molar-refractivity contribution is 7.02. The van der Waals surface area contributed by atoms with E-state index >= 15 is 0 Å². The zero-order valence-electron chi connectivity index (χ0n) is 24.3. The van der Waals surface area contributed by atoms with Crippen LogP contribution in [0.1, 0.15) is 25.7 Å². The van der Waals surface area contributed by atoms with Gasteiger partial charge in [-0.1, -0.05) is 91.0 Å². The van der Waals surface area contributed by atoms with E-state index in [4.69, 9.17) is 9.42 Å². The SMILES string of the molecule is C=CCC[Si](C)(C)OC1CC([Si](c2ccccc2)(c2ccccc2)N2CCCN3CCCN=C32)C2C=CC=CC12. The lowest BCUT2D eigenvalue weighted by atomic mass is 9.91. The van der Waals surface area contributed by atoms with Crippen LogP contribution in [0.4, 0.5) is 0 Å². The lowest BCUT2D eigenvalue weighted by Crippen LogP contribution is -2.77. The summed E-state index contributed by atoms with van der Waals surface area (Å²) in [6, 6.07) is 24.2. The van der Waals surface area contributed by atoms with Crippen LogP contribution in [0.3, 0.4) is 0 Å². The Balaban J connectivity index is 1.53. The summed E-state index contributed by atoms with van der Waals surface area (Å²) in [4.78, 5) is 7.86. The largest absolute Gasteiger partial charge is 0.414 e. The summed E-state index contributed by atoms with van der Waals surface area (Å²) < 4.78 is 10.1. The average molecular weight is 568 g/mol. The molecule has 2 heterocycles. The van der Waals surface area contributed by atoms with E-state index < -0.39 is 16.6 Å². The Kier molecular flexibility index (Phi) is 8.02. The third kappa shape index (κ3) is 4.99. The number of hydrogen-bond acceptors (Lipinski definition) is 4. The molecule has 0 aromatic heterocycles. The Labute approximate surface area is 243 Å². The van der Waals surface area contributed by atoms with Crippen LogP contribution in [0.25, 0.3) is 0 Å². The first-order chi connectivity index (χ1) is 19.5. The van der Waals surface area contributed by atoms with Gasteiger partial charge in [0.15, 0.2) is 14.3 Å². The van der Waals surface area contributed by atoms with Gasteiger partial charge in [0, 0.05) is 32.1 Å². The lowest BCUT2D eigenvalue weighted by Gasteiger charge is -2.54. The Morgan fingerprint density at radius 3 is 2.23 bits per heavy atom. The van der Waals surface area contributed by atoms with Crippen molar-refractivity contribution >= 4 is 32.9 Å². The molecule has 40 heavy (non-hydrogen) atoms. The predicted octanol–water partition coefficient (Wildman–Crippen LogP) is 5.81. The van der Waals surface area contributed by atoms with E-state index in [-0.39, 0.29) is 6.10 Å². The van der Waals surface area contributed by atoms with Crippen LogP contribution in [0.15, 0.2) is 103 Å². The second kappa shape index (κ2) is 11.7. The molecule has 2 aliphatic heterocycles. The fourth-order valence-electron chi connectivity index (χ4n) is 7.93. The van der Waals surface area contributed by atoms with Crippen molar-refractivity contribution in [2.45, 2.75) is 56.5 Å². The molecule has 6 rings (SSSR count). The lowest BCUT2D eigenvalue weighted by molar-refractivity contribution is 0.162. The van der Waals surface area contributed by atoms with Crippen LogP contribution >= 0.6 is 0 Å². The molecule has 2 aromatic rings. The van der Waals surface area contributed by atoms with Gasteiger partial charge in [-0.25, -0.2) is 0 Å². The summed E-state index contributed by atoms with van der Waals surface area (Å²) in [5.74, 6) is 2.12. The second-order valence-corrected chi connectivity index (χ2v) is 20.8. The third-order valence-corrected chi connectivity index (χ3v) is 17.4. The number of fused-ring (bicyclic) bond motifs is 2. The van der Waals surface area contributed by atoms with E-state index in [0.717, 1.165) is 51.5 Å². The minimum Gasteiger partial charge on any atom is -0.414 e. The highest BCUT2D eigenvalue weighted by Crippen LogP contribution is 2.52. The Morgan fingerprint density at radius 2 is 1.55 bits per heavy atom. The summed E-state index contributed by atoms with van der Waals surface area (Å²) in [7, 11) is -4.42. The van der Waals surface area contributed by atoms with E-state index in [1.54, 1.807) is 0 Å². The number of rotatable bonds is 9. The predicted molar refractivity (Wildman–Crippen MR) is 173 cm³/mol. The number of benzene rings is 2. The van der Waals surface area contributed by atoms with Crippen molar-refractivity contribution in [3.05, 3.63) is 97.6 Å². The zero-order valence-corrected chi connectivity index (χ0v) is 26.3. The van der Waals surface area contributed by atoms with Gasteiger partial charge in [-0.15, -0.1) is 6.58 Å². The maximum atomic E-state index is 7.23. The first-order valence-electron chi connectivity index (χ1n) is 15.4. The molecule has 4 atom stereocenters. The number of hydrogen-bond donors (Lipinski definition) is 0. The molecule has 2 aliphatic carbocycles. The molecule has 6 heteroatoms. The Bertz CT molecular complexity index is 1220. The first-order valence-corrected chi connectivity index (χ1v) is 20.5. The highest BCUT2D eigenvalue weighted by Gasteiger charge is 2.60. The zero-order chi connectivity index (χ0) is 27.6. The van der Waals surface area contributed by atoms with Gasteiger partial charge >= 0.3 is 0 Å². The van der Waals surface area contributed by atoms with Crippen LogP contribution in [0, 0.1) is 11.8 Å². The van der Waals surface area contributed by atoms with Gasteiger partial charge in [-0.05, 0) is 66.7 Å². The van der Waals surface area contributed by atoms with Crippen molar-refractivity contribution in [1.82, 2.24) is 9.47 Å². The van der Waals surface area contributed by atoms with Gasteiger partial charge in [-0.3, -0.25) is 4.99 Å². The van der Waals surface area contributed by atoms with Crippen LogP contribution in [0.2, 0.25) is 24.7 Å². The third-order valence-electron chi connectivity index (χ3n) is 9.59. The van der Waals surface area contributed by atoms with Crippen molar-refractivity contribution in [3.63, 3.8) is 0 Å². The monoisotopic (exact) mass is 567 g/mol. The maximum Gasteiger partial charge on any atom is 0.226 e. The van der Waals surface area contributed by atoms with Gasteiger partial charge in [0.25, 0.3) is 0 Å². The molecule has 0 N–H and O–H groups in total. The number of guanidine groups is 1. The summed E-state index contributed by atoms with van der Waals surface area (Å²) in [6.45, 7) is 13.0. The quantitative estimate of drug-likeness (QED) is 0.283. The molecule has 1 saturated heterocycles. The molecule has 4 aliphatic rings. The summed E-state index contributed by atoms with van der Waals surface area (Å²) in [5, 5.41) is 3.01. The standard InChI is InChI=1S/C34H45N3OSi2/c1-4-5-26-39(2,3)38-32-27-33(31-21-13-12-20-30(31)32)40(28-16-8-6-9-17-28,29-18-10-7-11-19-29)37-25-15-24-36-23-14-22-35-34(36)37/h4,6-13,16-21,30-33H,1,5,14-15,22-27H2,2-3H3. The highest BCUT2D eigenvalue weighted by atomic mass is 28.4. The molecule has 0 spiro atoms. The topological polar surface area (TPSA) is 28.1 Å². The number of allylic oxidation sites excluding steroid dienone is 4. The maximum absolute atomic E-state index is 7.23. The molecule has 210 valence electrons. The molecule has 2 aromatic carbocycles. The number of aliphatic imine (C=N–C) groups is 1. The van der Waals surface area contributed by atoms with Crippen LogP contribution in [0.5, 0.6) is 0 Å². The summed E-state index contributed by atoms with van der Waals surface area (Å²) >= 11 is 0. The summed E-state index contributed by atoms with van der Waals surface area (Å²) in [5.41, 5.74) is 0.474. The van der Waals surface area contributed by atoms with E-state index in [2.05, 4.69) is 120 Å². The van der Waals surface area contributed by atoms with E-state index in [1.165, 1.54) is 22.8 Å². The smallest absolute Gasteiger partial charge is 0.226 e. The van der Waals surface area contributed by atoms with E-state index in [9.17, 15) is 0 Å². The number of nitrogens with zero attached hydrogens (tertiary/aromatic N) is 3. The molecule has 4 nitrogen and oxygen atoms in total. The minimum absolute atomic E-state index is 0.246. The normalized spacial score (nSPS) is 26.3. The summed E-state index contributed by atoms with van der Waals surface area (Å²) in [6.07, 6.45) is 16.3. The molecule has 0 amide bonds. The molecule has 4 unspecified atom stereocenters. The van der Waals surface area contributed by atoms with Gasteiger partial charge in [-0.2, -0.15) is 0 Å². The van der Waals surface area contributed by atoms with Crippen LogP contribution in [-0.4, -0.2) is 64.3 Å². The molecular formula is C34H45N3OSi2. The van der Waals surface area contributed by atoms with Gasteiger partial charge in [0.05, 0.1) is 6.10 Å². The Morgan fingerprint density at radius 1 is 0.900 bits per heavy atom. The van der Waals surface area contributed by atoms with Crippen molar-refractivity contribution in [1.29, 1.82) is 0 Å². The molecular weight excluding hydrogens is 523 g/mol. The van der Waals surface area contributed by atoms with Crippen molar-refractivity contribution in [2.24, 2.45) is 16.8 Å². The molecule has 1 saturated carbocycles. The van der Waals surface area contributed by atoms with E-state index in [1.807, 2.05) is 0 Å². The fraction of sp³-hybridized carbons (Fsp3) is 0.441. The molecule has 2 fully saturated rings. The van der Waals surface area contributed by atoms with Gasteiger partial charge in [0.1, 0.15) is 0 Å². The molecule has 0 radical (unpaired) electrons. The minimum atomic E-state index is -2.58. The van der Waals surface area contributed by atoms with Crippen molar-refractivity contribution in [2.75, 3.05) is 26.2 Å². The fourth-order valence-corrected chi connectivity index (χ4v) is 16.1. The van der Waals surface area contributed by atoms with Crippen LogP contribution < -0.4 is 10.4 Å². The van der Waals surface area contributed by atoms with Crippen LogP contribution in [-0.2, 0) is 4.43 Å². The van der Waals surface area contributed by atoms with Crippen molar-refractivity contribution < 1.29 is 4.43 Å². The first kappa shape index (κ1) is 27.5.